The number of para-hydroxylation sites is 2. The molecule has 0 fully saturated rings. The van der Waals surface area contributed by atoms with Crippen LogP contribution in [-0.2, 0) is 4.52 Å². The quantitative estimate of drug-likeness (QED) is 0.265. The number of nitrogens with zero attached hydrogens (tertiary/aromatic N) is 1. The molecule has 0 spiro atoms. The number of anilines is 2. The lowest BCUT2D eigenvalue weighted by Crippen LogP contribution is -2.18. The average Bonchev–Trinajstić information content (AvgIpc) is 2.69. The molecule has 0 atom stereocenters. The fourth-order valence-electron chi connectivity index (χ4n) is 3.25. The van der Waals surface area contributed by atoms with Gasteiger partial charge in [0.25, 0.3) is 0 Å². The molecule has 0 unspecified atom stereocenters. The van der Waals surface area contributed by atoms with Crippen LogP contribution in [-0.4, -0.2) is 16.8 Å². The third kappa shape index (κ3) is 3.84. The Hall–Kier alpha value is -1.82. The van der Waals surface area contributed by atoms with Crippen LogP contribution >= 0.6 is 36.3 Å². The summed E-state index contributed by atoms with van der Waals surface area (Å²) >= 11 is 4.82. The Morgan fingerprint density at radius 2 is 1.43 bits per heavy atom. The standard InChI is InChI=1S/C21H17BrNO3PS/c1-23-18-8-4-2-6-16(18)20(17-7-3-5-9-19(17)23)21(26-27(24)25)28-15-12-10-14(22)11-13-15/h2-13,24-25H,1H3. The molecule has 0 amide bonds. The number of hydrogen-bond acceptors (Lipinski definition) is 5. The number of rotatable bonds is 4. The van der Waals surface area contributed by atoms with Crippen molar-refractivity contribution in [3.8, 4) is 0 Å². The number of halogens is 1. The SMILES string of the molecule is CN1c2ccccc2C(=C(OP(O)O)Sc2ccc(Br)cc2)c2ccccc21. The molecule has 7 heteroatoms. The van der Waals surface area contributed by atoms with Crippen molar-refractivity contribution in [3.05, 3.63) is 93.5 Å². The van der Waals surface area contributed by atoms with Gasteiger partial charge in [-0.2, -0.15) is 0 Å². The minimum Gasteiger partial charge on any atom is -0.419 e. The fourth-order valence-corrected chi connectivity index (χ4v) is 4.91. The first kappa shape index (κ1) is 19.5. The van der Waals surface area contributed by atoms with Crippen molar-refractivity contribution in [1.29, 1.82) is 0 Å². The van der Waals surface area contributed by atoms with Crippen LogP contribution in [0.4, 0.5) is 11.4 Å². The van der Waals surface area contributed by atoms with E-state index in [-0.39, 0.29) is 0 Å². The predicted molar refractivity (Wildman–Crippen MR) is 119 cm³/mol. The maximum atomic E-state index is 9.66. The molecule has 2 N–H and O–H groups in total. The molecule has 1 heterocycles. The summed E-state index contributed by atoms with van der Waals surface area (Å²) in [6, 6.07) is 23.9. The molecular weight excluding hydrogens is 457 g/mol. The first-order valence-electron chi connectivity index (χ1n) is 8.50. The molecule has 0 aromatic heterocycles. The van der Waals surface area contributed by atoms with E-state index < -0.39 is 8.60 Å². The van der Waals surface area contributed by atoms with E-state index in [1.54, 1.807) is 0 Å². The summed E-state index contributed by atoms with van der Waals surface area (Å²) in [4.78, 5) is 22.4. The van der Waals surface area contributed by atoms with Crippen LogP contribution in [0.5, 0.6) is 0 Å². The highest BCUT2D eigenvalue weighted by molar-refractivity contribution is 9.10. The Bertz CT molecular complexity index is 990. The van der Waals surface area contributed by atoms with Crippen molar-refractivity contribution < 1.29 is 14.3 Å². The van der Waals surface area contributed by atoms with Crippen LogP contribution in [0.15, 0.2) is 87.3 Å². The van der Waals surface area contributed by atoms with E-state index in [0.717, 1.165) is 37.4 Å². The van der Waals surface area contributed by atoms with Crippen molar-refractivity contribution >= 4 is 53.2 Å². The van der Waals surface area contributed by atoms with E-state index in [0.29, 0.717) is 5.09 Å². The van der Waals surface area contributed by atoms with Gasteiger partial charge in [0.05, 0.1) is 0 Å². The molecule has 142 valence electrons. The van der Waals surface area contributed by atoms with Gasteiger partial charge in [-0.25, -0.2) is 0 Å². The number of hydrogen-bond donors (Lipinski definition) is 2. The monoisotopic (exact) mass is 473 g/mol. The van der Waals surface area contributed by atoms with Crippen molar-refractivity contribution in [2.24, 2.45) is 0 Å². The molecule has 1 aliphatic rings. The number of benzene rings is 3. The van der Waals surface area contributed by atoms with E-state index in [1.165, 1.54) is 11.8 Å². The average molecular weight is 474 g/mol. The van der Waals surface area contributed by atoms with Crippen LogP contribution in [0.2, 0.25) is 0 Å². The predicted octanol–water partition coefficient (Wildman–Crippen LogP) is 6.27. The molecule has 3 aromatic rings. The highest BCUT2D eigenvalue weighted by atomic mass is 79.9. The lowest BCUT2D eigenvalue weighted by Gasteiger charge is -2.32. The smallest absolute Gasteiger partial charge is 0.392 e. The Kier molecular flexibility index (Phi) is 5.76. The van der Waals surface area contributed by atoms with Gasteiger partial charge in [0.1, 0.15) is 0 Å². The van der Waals surface area contributed by atoms with Crippen LogP contribution in [0.1, 0.15) is 11.1 Å². The highest BCUT2D eigenvalue weighted by Crippen LogP contribution is 2.50. The molecule has 0 aliphatic carbocycles. The molecule has 0 saturated heterocycles. The molecular formula is C21H17BrNO3PS. The molecule has 3 aromatic carbocycles. The van der Waals surface area contributed by atoms with Crippen molar-refractivity contribution in [3.63, 3.8) is 0 Å². The lowest BCUT2D eigenvalue weighted by molar-refractivity contribution is 0.337. The fraction of sp³-hybridized carbons (Fsp3) is 0.0476. The second-order valence-electron chi connectivity index (χ2n) is 6.16. The Morgan fingerprint density at radius 3 is 1.96 bits per heavy atom. The first-order chi connectivity index (χ1) is 13.5. The maximum absolute atomic E-state index is 9.66. The lowest BCUT2D eigenvalue weighted by atomic mass is 9.91. The second-order valence-corrected chi connectivity index (χ2v) is 8.81. The van der Waals surface area contributed by atoms with Gasteiger partial charge in [-0.3, -0.25) is 0 Å². The van der Waals surface area contributed by atoms with Gasteiger partial charge in [-0.05, 0) is 36.4 Å². The number of fused-ring (bicyclic) bond motifs is 2. The van der Waals surface area contributed by atoms with Gasteiger partial charge < -0.3 is 19.2 Å². The molecule has 0 bridgehead atoms. The molecule has 0 saturated carbocycles. The zero-order valence-corrected chi connectivity index (χ0v) is 18.2. The molecule has 4 nitrogen and oxygen atoms in total. The van der Waals surface area contributed by atoms with Crippen molar-refractivity contribution in [2.75, 3.05) is 11.9 Å². The highest BCUT2D eigenvalue weighted by Gasteiger charge is 2.28. The topological polar surface area (TPSA) is 52.9 Å². The van der Waals surface area contributed by atoms with Crippen LogP contribution < -0.4 is 4.90 Å². The minimum absolute atomic E-state index is 0.464. The van der Waals surface area contributed by atoms with Gasteiger partial charge >= 0.3 is 8.60 Å². The van der Waals surface area contributed by atoms with Gasteiger partial charge in [0.15, 0.2) is 5.09 Å². The summed E-state index contributed by atoms with van der Waals surface area (Å²) in [5.74, 6) is 0. The van der Waals surface area contributed by atoms with Crippen LogP contribution in [0.25, 0.3) is 5.57 Å². The van der Waals surface area contributed by atoms with Crippen molar-refractivity contribution in [2.45, 2.75) is 4.90 Å². The summed E-state index contributed by atoms with van der Waals surface area (Å²) in [5.41, 5.74) is 4.90. The van der Waals surface area contributed by atoms with Gasteiger partial charge in [-0.1, -0.05) is 64.1 Å². The van der Waals surface area contributed by atoms with E-state index in [9.17, 15) is 9.79 Å². The number of thioether (sulfide) groups is 1. The van der Waals surface area contributed by atoms with E-state index >= 15 is 0 Å². The Balaban J connectivity index is 1.94. The van der Waals surface area contributed by atoms with Gasteiger partial charge in [0.2, 0.25) is 0 Å². The normalized spacial score (nSPS) is 12.6. The summed E-state index contributed by atoms with van der Waals surface area (Å²) in [5, 5.41) is 0.464. The van der Waals surface area contributed by atoms with Crippen molar-refractivity contribution in [1.82, 2.24) is 0 Å². The largest absolute Gasteiger partial charge is 0.419 e. The second kappa shape index (κ2) is 8.27. The summed E-state index contributed by atoms with van der Waals surface area (Å²) in [6.07, 6.45) is 0. The Labute approximate surface area is 177 Å². The minimum atomic E-state index is -2.56. The molecule has 28 heavy (non-hydrogen) atoms. The summed E-state index contributed by atoms with van der Waals surface area (Å²) in [7, 11) is -0.529. The van der Waals surface area contributed by atoms with E-state index in [4.69, 9.17) is 4.52 Å². The van der Waals surface area contributed by atoms with Crippen LogP contribution in [0, 0.1) is 0 Å². The van der Waals surface area contributed by atoms with Gasteiger partial charge in [-0.15, -0.1) is 0 Å². The third-order valence-corrected chi connectivity index (χ3v) is 6.44. The van der Waals surface area contributed by atoms with Crippen LogP contribution in [0.3, 0.4) is 0 Å². The maximum Gasteiger partial charge on any atom is 0.392 e. The zero-order valence-electron chi connectivity index (χ0n) is 14.9. The molecule has 4 rings (SSSR count). The zero-order chi connectivity index (χ0) is 19.7. The van der Waals surface area contributed by atoms with E-state index in [1.807, 2.05) is 79.8 Å². The Morgan fingerprint density at radius 1 is 0.893 bits per heavy atom. The van der Waals surface area contributed by atoms with Gasteiger partial charge in [0, 0.05) is 44.5 Å². The van der Waals surface area contributed by atoms with E-state index in [2.05, 4.69) is 20.8 Å². The molecule has 0 radical (unpaired) electrons. The summed E-state index contributed by atoms with van der Waals surface area (Å²) in [6.45, 7) is 0. The molecule has 1 aliphatic heterocycles. The third-order valence-electron chi connectivity index (χ3n) is 4.46. The first-order valence-corrected chi connectivity index (χ1v) is 11.3. The summed E-state index contributed by atoms with van der Waals surface area (Å²) < 4.78 is 6.54.